The van der Waals surface area contributed by atoms with Crippen molar-refractivity contribution in [1.29, 1.82) is 0 Å². The molecule has 1 aromatic heterocycles. The van der Waals surface area contributed by atoms with Crippen LogP contribution in [0.4, 0.5) is 0 Å². The van der Waals surface area contributed by atoms with E-state index >= 15 is 0 Å². The molecule has 1 N–H and O–H groups in total. The molecule has 18 heavy (non-hydrogen) atoms. The van der Waals surface area contributed by atoms with E-state index in [1.165, 1.54) is 5.56 Å². The lowest BCUT2D eigenvalue weighted by atomic mass is 10.1. The summed E-state index contributed by atoms with van der Waals surface area (Å²) in [5, 5.41) is 15.0. The van der Waals surface area contributed by atoms with E-state index in [0.717, 1.165) is 12.1 Å². The van der Waals surface area contributed by atoms with Gasteiger partial charge in [0.25, 0.3) is 0 Å². The Bertz CT molecular complexity index is 486. The number of thiophene rings is 1. The van der Waals surface area contributed by atoms with E-state index in [1.54, 1.807) is 17.4 Å². The number of likely N-dealkylation sites (N-methyl/N-ethyl adjacent to an activating group) is 1. The van der Waals surface area contributed by atoms with Crippen LogP contribution in [0.2, 0.25) is 5.02 Å². The van der Waals surface area contributed by atoms with Gasteiger partial charge in [-0.1, -0.05) is 29.8 Å². The summed E-state index contributed by atoms with van der Waals surface area (Å²) in [6.07, 6.45) is -0.553. The van der Waals surface area contributed by atoms with Crippen LogP contribution in [0.1, 0.15) is 17.2 Å². The quantitative estimate of drug-likeness (QED) is 0.906. The van der Waals surface area contributed by atoms with Gasteiger partial charge in [0.15, 0.2) is 0 Å². The molecule has 1 aromatic carbocycles. The first kappa shape index (κ1) is 13.6. The van der Waals surface area contributed by atoms with Crippen LogP contribution >= 0.6 is 22.9 Å². The van der Waals surface area contributed by atoms with Crippen molar-refractivity contribution in [3.8, 4) is 0 Å². The fraction of sp³-hybridized carbons (Fsp3) is 0.286. The van der Waals surface area contributed by atoms with Gasteiger partial charge < -0.3 is 5.11 Å². The summed E-state index contributed by atoms with van der Waals surface area (Å²) in [6, 6.07) is 9.53. The minimum absolute atomic E-state index is 0.553. The SMILES string of the molecule is CN(Cc1ccsc1)CC(O)c1ccccc1Cl. The second kappa shape index (κ2) is 6.34. The maximum absolute atomic E-state index is 10.2. The zero-order valence-electron chi connectivity index (χ0n) is 10.2. The summed E-state index contributed by atoms with van der Waals surface area (Å²) in [7, 11) is 2.00. The van der Waals surface area contributed by atoms with Gasteiger partial charge >= 0.3 is 0 Å². The molecule has 0 bridgehead atoms. The second-order valence-corrected chi connectivity index (χ2v) is 5.55. The molecule has 0 saturated heterocycles. The van der Waals surface area contributed by atoms with Gasteiger partial charge in [-0.2, -0.15) is 11.3 Å². The van der Waals surface area contributed by atoms with Crippen molar-refractivity contribution in [2.45, 2.75) is 12.6 Å². The van der Waals surface area contributed by atoms with Gasteiger partial charge in [0.2, 0.25) is 0 Å². The van der Waals surface area contributed by atoms with Crippen LogP contribution in [0.3, 0.4) is 0 Å². The van der Waals surface area contributed by atoms with E-state index < -0.39 is 6.10 Å². The first-order valence-corrected chi connectivity index (χ1v) is 7.11. The van der Waals surface area contributed by atoms with Crippen LogP contribution in [0.25, 0.3) is 0 Å². The smallest absolute Gasteiger partial charge is 0.0931 e. The summed E-state index contributed by atoms with van der Waals surface area (Å²) in [5.41, 5.74) is 2.06. The number of rotatable bonds is 5. The van der Waals surface area contributed by atoms with E-state index in [0.29, 0.717) is 11.6 Å². The summed E-state index contributed by atoms with van der Waals surface area (Å²) in [5.74, 6) is 0. The van der Waals surface area contributed by atoms with Crippen LogP contribution in [0, 0.1) is 0 Å². The van der Waals surface area contributed by atoms with Gasteiger partial charge in [-0.3, -0.25) is 4.90 Å². The van der Waals surface area contributed by atoms with E-state index in [4.69, 9.17) is 11.6 Å². The van der Waals surface area contributed by atoms with Crippen LogP contribution < -0.4 is 0 Å². The lowest BCUT2D eigenvalue weighted by Crippen LogP contribution is -2.24. The van der Waals surface area contributed by atoms with Crippen molar-refractivity contribution in [3.63, 3.8) is 0 Å². The Hall–Kier alpha value is -0.870. The summed E-state index contributed by atoms with van der Waals surface area (Å²) in [6.45, 7) is 1.41. The van der Waals surface area contributed by atoms with Gasteiger partial charge in [0, 0.05) is 23.7 Å². The predicted molar refractivity (Wildman–Crippen MR) is 77.1 cm³/mol. The lowest BCUT2D eigenvalue weighted by molar-refractivity contribution is 0.124. The fourth-order valence-corrected chi connectivity index (χ4v) is 2.82. The van der Waals surface area contributed by atoms with Gasteiger partial charge in [0.1, 0.15) is 0 Å². The maximum Gasteiger partial charge on any atom is 0.0931 e. The Morgan fingerprint density at radius 2 is 2.11 bits per heavy atom. The third-order valence-corrected chi connectivity index (χ3v) is 3.86. The number of hydrogen-bond acceptors (Lipinski definition) is 3. The highest BCUT2D eigenvalue weighted by Crippen LogP contribution is 2.23. The van der Waals surface area contributed by atoms with Crippen LogP contribution in [-0.2, 0) is 6.54 Å². The predicted octanol–water partition coefficient (Wildman–Crippen LogP) is 3.57. The standard InChI is InChI=1S/C14H16ClNOS/c1-16(8-11-6-7-18-10-11)9-14(17)12-4-2-3-5-13(12)15/h2-7,10,14,17H,8-9H2,1H3. The molecule has 4 heteroatoms. The molecule has 0 radical (unpaired) electrons. The molecule has 2 rings (SSSR count). The average Bonchev–Trinajstić information content (AvgIpc) is 2.82. The number of halogens is 1. The van der Waals surface area contributed by atoms with Crippen molar-refractivity contribution >= 4 is 22.9 Å². The molecule has 2 aromatic rings. The molecule has 1 heterocycles. The molecule has 0 spiro atoms. The minimum atomic E-state index is -0.553. The molecule has 1 unspecified atom stereocenters. The van der Waals surface area contributed by atoms with Crippen molar-refractivity contribution < 1.29 is 5.11 Å². The van der Waals surface area contributed by atoms with Crippen molar-refractivity contribution in [1.82, 2.24) is 4.90 Å². The summed E-state index contributed by atoms with van der Waals surface area (Å²) < 4.78 is 0. The Morgan fingerprint density at radius 1 is 1.33 bits per heavy atom. The molecule has 1 atom stereocenters. The highest BCUT2D eigenvalue weighted by atomic mass is 35.5. The highest BCUT2D eigenvalue weighted by molar-refractivity contribution is 7.07. The van der Waals surface area contributed by atoms with Crippen LogP contribution in [0.5, 0.6) is 0 Å². The van der Waals surface area contributed by atoms with Crippen molar-refractivity contribution in [2.24, 2.45) is 0 Å². The largest absolute Gasteiger partial charge is 0.387 e. The van der Waals surface area contributed by atoms with Gasteiger partial charge in [-0.25, -0.2) is 0 Å². The second-order valence-electron chi connectivity index (χ2n) is 4.37. The number of aliphatic hydroxyl groups is 1. The van der Waals surface area contributed by atoms with E-state index in [2.05, 4.69) is 21.7 Å². The maximum atomic E-state index is 10.2. The van der Waals surface area contributed by atoms with Crippen molar-refractivity contribution in [3.05, 3.63) is 57.2 Å². The lowest BCUT2D eigenvalue weighted by Gasteiger charge is -2.21. The molecule has 0 amide bonds. The molecule has 0 aliphatic heterocycles. The first-order valence-electron chi connectivity index (χ1n) is 5.79. The molecular formula is C14H16ClNOS. The zero-order chi connectivity index (χ0) is 13.0. The normalized spacial score (nSPS) is 12.9. The Labute approximate surface area is 116 Å². The van der Waals surface area contributed by atoms with Crippen LogP contribution in [-0.4, -0.2) is 23.6 Å². The molecule has 0 fully saturated rings. The molecule has 96 valence electrons. The van der Waals surface area contributed by atoms with E-state index in [1.807, 2.05) is 25.2 Å². The Balaban J connectivity index is 1.95. The first-order chi connectivity index (χ1) is 8.66. The Kier molecular flexibility index (Phi) is 4.78. The van der Waals surface area contributed by atoms with E-state index in [9.17, 15) is 5.11 Å². The molecule has 0 aliphatic rings. The van der Waals surface area contributed by atoms with Gasteiger partial charge in [0.05, 0.1) is 6.10 Å². The number of hydrogen-bond donors (Lipinski definition) is 1. The van der Waals surface area contributed by atoms with Gasteiger partial charge in [-0.05, 0) is 35.5 Å². The van der Waals surface area contributed by atoms with Gasteiger partial charge in [-0.15, -0.1) is 0 Å². The topological polar surface area (TPSA) is 23.5 Å². The van der Waals surface area contributed by atoms with Crippen molar-refractivity contribution in [2.75, 3.05) is 13.6 Å². The summed E-state index contributed by atoms with van der Waals surface area (Å²) in [4.78, 5) is 2.09. The molecule has 2 nitrogen and oxygen atoms in total. The zero-order valence-corrected chi connectivity index (χ0v) is 11.8. The number of benzene rings is 1. The third-order valence-electron chi connectivity index (χ3n) is 2.78. The third kappa shape index (κ3) is 3.56. The highest BCUT2D eigenvalue weighted by Gasteiger charge is 2.13. The summed E-state index contributed by atoms with van der Waals surface area (Å²) >= 11 is 7.76. The Morgan fingerprint density at radius 3 is 2.78 bits per heavy atom. The monoisotopic (exact) mass is 281 g/mol. The number of nitrogens with zero attached hydrogens (tertiary/aromatic N) is 1. The van der Waals surface area contributed by atoms with Crippen LogP contribution in [0.15, 0.2) is 41.1 Å². The van der Waals surface area contributed by atoms with E-state index in [-0.39, 0.29) is 0 Å². The molecule has 0 aliphatic carbocycles. The molecule has 0 saturated carbocycles. The average molecular weight is 282 g/mol. The number of aliphatic hydroxyl groups excluding tert-OH is 1. The minimum Gasteiger partial charge on any atom is -0.387 e. The molecular weight excluding hydrogens is 266 g/mol. The fourth-order valence-electron chi connectivity index (χ4n) is 1.90.